The highest BCUT2D eigenvalue weighted by Gasteiger charge is 2.12. The predicted molar refractivity (Wildman–Crippen MR) is 91.4 cm³/mol. The molecule has 0 saturated heterocycles. The van der Waals surface area contributed by atoms with Crippen molar-refractivity contribution in [2.24, 2.45) is 5.10 Å². The van der Waals surface area contributed by atoms with Gasteiger partial charge in [0.1, 0.15) is 0 Å². The molecule has 7 heteroatoms. The van der Waals surface area contributed by atoms with Gasteiger partial charge in [0.2, 0.25) is 4.80 Å². The first-order valence-electron chi connectivity index (χ1n) is 7.00. The fourth-order valence-electron chi connectivity index (χ4n) is 2.02. The van der Waals surface area contributed by atoms with E-state index in [9.17, 15) is 9.59 Å². The number of rotatable bonds is 5. The molecule has 0 aliphatic heterocycles. The maximum atomic E-state index is 11.9. The number of Topliss-reactive ketones (excluding diaryl/α,β-unsaturated/α-hetero) is 1. The van der Waals surface area contributed by atoms with Crippen molar-refractivity contribution in [1.29, 1.82) is 0 Å². The molecule has 1 aromatic heterocycles. The van der Waals surface area contributed by atoms with E-state index in [2.05, 4.69) is 22.4 Å². The third kappa shape index (κ3) is 4.17. The zero-order valence-corrected chi connectivity index (χ0v) is 13.8. The molecule has 23 heavy (non-hydrogen) atoms. The van der Waals surface area contributed by atoms with Gasteiger partial charge in [-0.1, -0.05) is 35.6 Å². The Morgan fingerprint density at radius 3 is 2.65 bits per heavy atom. The quantitative estimate of drug-likeness (QED) is 0.502. The average molecular weight is 330 g/mol. The molecule has 0 aliphatic rings. The van der Waals surface area contributed by atoms with Gasteiger partial charge in [-0.3, -0.25) is 4.79 Å². The van der Waals surface area contributed by atoms with Crippen LogP contribution in [-0.4, -0.2) is 16.4 Å². The molecule has 0 aliphatic carbocycles. The molecule has 0 saturated carbocycles. The van der Waals surface area contributed by atoms with Crippen molar-refractivity contribution in [3.63, 3.8) is 0 Å². The normalized spacial score (nSPS) is 11.1. The lowest BCUT2D eigenvalue weighted by Crippen LogP contribution is -2.28. The van der Waals surface area contributed by atoms with Crippen molar-refractivity contribution in [2.75, 3.05) is 5.32 Å². The largest absolute Gasteiger partial charge is 0.339 e. The van der Waals surface area contributed by atoms with Gasteiger partial charge in [-0.2, -0.15) is 0 Å². The van der Waals surface area contributed by atoms with Crippen LogP contribution in [0.15, 0.2) is 48.1 Å². The highest BCUT2D eigenvalue weighted by molar-refractivity contribution is 7.11. The van der Waals surface area contributed by atoms with E-state index in [4.69, 9.17) is 0 Å². The Morgan fingerprint density at radius 2 is 2.04 bits per heavy atom. The van der Waals surface area contributed by atoms with Gasteiger partial charge in [-0.05, 0) is 19.1 Å². The van der Waals surface area contributed by atoms with Gasteiger partial charge in [0, 0.05) is 24.8 Å². The number of thiazole rings is 1. The van der Waals surface area contributed by atoms with Gasteiger partial charge in [0.05, 0.1) is 4.88 Å². The Hall–Kier alpha value is -2.67. The van der Waals surface area contributed by atoms with Crippen molar-refractivity contribution in [2.45, 2.75) is 20.4 Å². The van der Waals surface area contributed by atoms with Gasteiger partial charge in [0.25, 0.3) is 0 Å². The fourth-order valence-corrected chi connectivity index (χ4v) is 3.02. The number of aromatic nitrogens is 1. The number of carbonyl (C=O) groups excluding carboxylic acids is 2. The molecule has 1 heterocycles. The highest BCUT2D eigenvalue weighted by Crippen LogP contribution is 2.12. The maximum Gasteiger partial charge on any atom is 0.339 e. The predicted octanol–water partition coefficient (Wildman–Crippen LogP) is 2.88. The van der Waals surface area contributed by atoms with E-state index in [0.29, 0.717) is 21.9 Å². The van der Waals surface area contributed by atoms with Crippen molar-refractivity contribution in [1.82, 2.24) is 9.99 Å². The summed E-state index contributed by atoms with van der Waals surface area (Å²) in [6.07, 6.45) is 1.71. The second-order valence-electron chi connectivity index (χ2n) is 4.80. The van der Waals surface area contributed by atoms with Gasteiger partial charge in [-0.15, -0.1) is 11.7 Å². The third-order valence-corrected chi connectivity index (χ3v) is 4.36. The molecule has 2 aromatic rings. The number of ketones is 1. The molecule has 2 rings (SSSR count). The first kappa shape index (κ1) is 16.7. The molecule has 0 spiro atoms. The monoisotopic (exact) mass is 330 g/mol. The zero-order valence-electron chi connectivity index (χ0n) is 13.0. The van der Waals surface area contributed by atoms with Gasteiger partial charge < -0.3 is 9.88 Å². The van der Waals surface area contributed by atoms with Gasteiger partial charge in [0.15, 0.2) is 5.78 Å². The lowest BCUT2D eigenvalue weighted by atomic mass is 10.3. The zero-order chi connectivity index (χ0) is 16.8. The minimum atomic E-state index is -0.447. The second kappa shape index (κ2) is 7.55. The molecule has 0 unspecified atom stereocenters. The van der Waals surface area contributed by atoms with Crippen LogP contribution < -0.4 is 15.5 Å². The minimum Gasteiger partial charge on any atom is -0.315 e. The molecule has 1 aromatic carbocycles. The summed E-state index contributed by atoms with van der Waals surface area (Å²) >= 11 is 1.24. The first-order valence-corrected chi connectivity index (χ1v) is 7.82. The highest BCUT2D eigenvalue weighted by atomic mass is 32.1. The lowest BCUT2D eigenvalue weighted by molar-refractivity contribution is 0.102. The van der Waals surface area contributed by atoms with Crippen LogP contribution in [0, 0.1) is 6.92 Å². The number of nitrogens with one attached hydrogen (secondary N) is 2. The molecule has 120 valence electrons. The molecule has 0 atom stereocenters. The summed E-state index contributed by atoms with van der Waals surface area (Å²) in [5.41, 5.74) is 3.93. The molecule has 6 nitrogen and oxygen atoms in total. The fraction of sp³-hybridized carbons (Fsp3) is 0.188. The Bertz CT molecular complexity index is 790. The van der Waals surface area contributed by atoms with Crippen molar-refractivity contribution in [3.8, 4) is 0 Å². The van der Waals surface area contributed by atoms with Crippen LogP contribution in [0.3, 0.4) is 0 Å². The molecule has 0 fully saturated rings. The van der Waals surface area contributed by atoms with Crippen LogP contribution in [-0.2, 0) is 6.54 Å². The summed E-state index contributed by atoms with van der Waals surface area (Å²) in [7, 11) is 0. The van der Waals surface area contributed by atoms with Gasteiger partial charge in [-0.25, -0.2) is 10.2 Å². The Balaban J connectivity index is 2.21. The summed E-state index contributed by atoms with van der Waals surface area (Å²) in [4.78, 5) is 24.7. The van der Waals surface area contributed by atoms with E-state index in [1.807, 2.05) is 29.7 Å². The Kier molecular flexibility index (Phi) is 5.48. The standard InChI is InChI=1S/C16H18N4O2S/c1-4-10-20-11(2)14(12(3)21)23-16(20)19-18-15(22)17-13-8-6-5-7-9-13/h4-9H,1,10H2,2-3H3,(H2,17,18,22)/b19-16+. The van der Waals surface area contributed by atoms with Crippen molar-refractivity contribution < 1.29 is 9.59 Å². The number of amides is 2. The van der Waals surface area contributed by atoms with Crippen molar-refractivity contribution in [3.05, 3.63) is 58.4 Å². The Labute approximate surface area is 138 Å². The van der Waals surface area contributed by atoms with Crippen LogP contribution in [0.4, 0.5) is 10.5 Å². The molecule has 0 bridgehead atoms. The lowest BCUT2D eigenvalue weighted by Gasteiger charge is -2.04. The number of allylic oxidation sites excluding steroid dienone is 1. The smallest absolute Gasteiger partial charge is 0.315 e. The van der Waals surface area contributed by atoms with E-state index >= 15 is 0 Å². The third-order valence-electron chi connectivity index (χ3n) is 3.07. The second-order valence-corrected chi connectivity index (χ2v) is 5.78. The topological polar surface area (TPSA) is 75.5 Å². The number of para-hydroxylation sites is 1. The van der Waals surface area contributed by atoms with Gasteiger partial charge >= 0.3 is 6.03 Å². The molecule has 2 N–H and O–H groups in total. The number of carbonyl (C=O) groups is 2. The Morgan fingerprint density at radius 1 is 1.35 bits per heavy atom. The van der Waals surface area contributed by atoms with E-state index in [0.717, 1.165) is 5.69 Å². The number of hydrogen-bond donors (Lipinski definition) is 2. The number of nitrogens with zero attached hydrogens (tertiary/aromatic N) is 2. The first-order chi connectivity index (χ1) is 11.0. The molecular formula is C16H18N4O2S. The summed E-state index contributed by atoms with van der Waals surface area (Å²) in [6, 6.07) is 8.63. The number of benzene rings is 1. The number of urea groups is 1. The summed E-state index contributed by atoms with van der Waals surface area (Å²) in [6.45, 7) is 7.57. The summed E-state index contributed by atoms with van der Waals surface area (Å²) < 4.78 is 1.83. The summed E-state index contributed by atoms with van der Waals surface area (Å²) in [5.74, 6) is -0.0273. The van der Waals surface area contributed by atoms with Crippen LogP contribution >= 0.6 is 11.3 Å². The van der Waals surface area contributed by atoms with Crippen LogP contribution in [0.2, 0.25) is 0 Å². The van der Waals surface area contributed by atoms with Crippen molar-refractivity contribution >= 4 is 28.8 Å². The van der Waals surface area contributed by atoms with E-state index in [1.165, 1.54) is 18.3 Å². The van der Waals surface area contributed by atoms with E-state index in [1.54, 1.807) is 18.2 Å². The molecule has 2 amide bonds. The van der Waals surface area contributed by atoms with E-state index in [-0.39, 0.29) is 5.78 Å². The van der Waals surface area contributed by atoms with E-state index < -0.39 is 6.03 Å². The molecular weight excluding hydrogens is 312 g/mol. The van der Waals surface area contributed by atoms with Crippen LogP contribution in [0.5, 0.6) is 0 Å². The van der Waals surface area contributed by atoms with Crippen LogP contribution in [0.1, 0.15) is 22.3 Å². The SMILES string of the molecule is C=CCn1c(C)c(C(C)=O)s/c1=N/NC(=O)Nc1ccccc1. The molecule has 0 radical (unpaired) electrons. The average Bonchev–Trinajstić information content (AvgIpc) is 2.84. The van der Waals surface area contributed by atoms with Crippen LogP contribution in [0.25, 0.3) is 0 Å². The maximum absolute atomic E-state index is 11.9. The number of anilines is 1. The summed E-state index contributed by atoms with van der Waals surface area (Å²) in [5, 5.41) is 6.78. The number of hydrogen-bond acceptors (Lipinski definition) is 4. The minimum absolute atomic E-state index is 0.0273.